The number of methoxy groups -OCH3 is 1. The summed E-state index contributed by atoms with van der Waals surface area (Å²) in [6, 6.07) is 6.79. The zero-order valence-electron chi connectivity index (χ0n) is 15.1. The van der Waals surface area contributed by atoms with Crippen molar-refractivity contribution < 1.29 is 19.1 Å². The fourth-order valence-corrected chi connectivity index (χ4v) is 3.55. The summed E-state index contributed by atoms with van der Waals surface area (Å²) in [5.74, 6) is -1.02. The Bertz CT molecular complexity index is 663. The third-order valence-corrected chi connectivity index (χ3v) is 5.24. The van der Waals surface area contributed by atoms with Gasteiger partial charge in [0.1, 0.15) is 0 Å². The van der Waals surface area contributed by atoms with Gasteiger partial charge in [-0.1, -0.05) is 25.7 Å². The van der Waals surface area contributed by atoms with Gasteiger partial charge in [-0.05, 0) is 43.5 Å². The smallest absolute Gasteiger partial charge is 0.337 e. The Balaban J connectivity index is 1.47. The maximum Gasteiger partial charge on any atom is 0.337 e. The van der Waals surface area contributed by atoms with Crippen molar-refractivity contribution in [3.05, 3.63) is 29.8 Å². The van der Waals surface area contributed by atoms with Crippen molar-refractivity contribution in [1.29, 1.82) is 0 Å². The molecular formula is C20H26N2O4. The van der Waals surface area contributed by atoms with E-state index < -0.39 is 5.97 Å². The highest BCUT2D eigenvalue weighted by atomic mass is 16.5. The Morgan fingerprint density at radius 2 is 1.54 bits per heavy atom. The zero-order chi connectivity index (χ0) is 18.5. The number of rotatable bonds is 5. The summed E-state index contributed by atoms with van der Waals surface area (Å²) in [5, 5.41) is 5.94. The summed E-state index contributed by atoms with van der Waals surface area (Å²) in [6.07, 6.45) is 7.52. The van der Waals surface area contributed by atoms with Crippen molar-refractivity contribution in [2.75, 3.05) is 12.4 Å². The van der Waals surface area contributed by atoms with Crippen LogP contribution in [0.4, 0.5) is 5.69 Å². The Hall–Kier alpha value is -2.37. The van der Waals surface area contributed by atoms with Crippen LogP contribution in [0, 0.1) is 11.8 Å². The van der Waals surface area contributed by atoms with Crippen molar-refractivity contribution in [3.63, 3.8) is 0 Å². The quantitative estimate of drug-likeness (QED) is 0.626. The van der Waals surface area contributed by atoms with Gasteiger partial charge >= 0.3 is 5.97 Å². The van der Waals surface area contributed by atoms with E-state index in [-0.39, 0.29) is 29.7 Å². The molecule has 2 unspecified atom stereocenters. The molecule has 2 amide bonds. The van der Waals surface area contributed by atoms with Gasteiger partial charge < -0.3 is 15.4 Å². The Morgan fingerprint density at radius 1 is 0.923 bits per heavy atom. The largest absolute Gasteiger partial charge is 0.465 e. The maximum atomic E-state index is 12.4. The summed E-state index contributed by atoms with van der Waals surface area (Å²) in [6.45, 7) is 0. The molecular weight excluding hydrogens is 332 g/mol. The highest BCUT2D eigenvalue weighted by molar-refractivity contribution is 6.00. The number of amides is 2. The highest BCUT2D eigenvalue weighted by Crippen LogP contribution is 2.39. The van der Waals surface area contributed by atoms with Crippen molar-refractivity contribution >= 4 is 23.5 Å². The molecule has 2 aliphatic rings. The zero-order valence-corrected chi connectivity index (χ0v) is 15.1. The number of hydrogen-bond donors (Lipinski definition) is 2. The van der Waals surface area contributed by atoms with Gasteiger partial charge in [-0.15, -0.1) is 0 Å². The van der Waals surface area contributed by atoms with Crippen LogP contribution >= 0.6 is 0 Å². The normalized spacial score (nSPS) is 22.8. The SMILES string of the molecule is COC(=O)c1ccc(NC(=O)C2CC2C(=O)NC2CCCCCC2)cc1. The second-order valence-electron chi connectivity index (χ2n) is 7.20. The molecule has 6 nitrogen and oxygen atoms in total. The van der Waals surface area contributed by atoms with Gasteiger partial charge in [-0.2, -0.15) is 0 Å². The van der Waals surface area contributed by atoms with E-state index in [9.17, 15) is 14.4 Å². The standard InChI is InChI=1S/C20H26N2O4/c1-26-20(25)13-8-10-15(11-9-13)22-19(24)17-12-16(17)18(23)21-14-6-4-2-3-5-7-14/h8-11,14,16-17H,2-7,12H2,1H3,(H,21,23)(H,22,24). The molecule has 0 aliphatic heterocycles. The summed E-state index contributed by atoms with van der Waals surface area (Å²) in [5.41, 5.74) is 1.04. The monoisotopic (exact) mass is 358 g/mol. The van der Waals surface area contributed by atoms with E-state index in [1.54, 1.807) is 24.3 Å². The van der Waals surface area contributed by atoms with E-state index >= 15 is 0 Å². The third-order valence-electron chi connectivity index (χ3n) is 5.24. The third kappa shape index (κ3) is 4.62. The van der Waals surface area contributed by atoms with Crippen LogP contribution in [0.25, 0.3) is 0 Å². The molecule has 2 saturated carbocycles. The molecule has 0 radical (unpaired) electrons. The lowest BCUT2D eigenvalue weighted by Crippen LogP contribution is -2.36. The van der Waals surface area contributed by atoms with Crippen molar-refractivity contribution in [1.82, 2.24) is 5.32 Å². The average Bonchev–Trinajstić information content (AvgIpc) is 3.46. The highest BCUT2D eigenvalue weighted by Gasteiger charge is 2.48. The number of esters is 1. The summed E-state index contributed by atoms with van der Waals surface area (Å²) in [4.78, 5) is 36.1. The number of nitrogens with one attached hydrogen (secondary N) is 2. The van der Waals surface area contributed by atoms with E-state index in [0.717, 1.165) is 12.8 Å². The maximum absolute atomic E-state index is 12.4. The van der Waals surface area contributed by atoms with E-state index in [4.69, 9.17) is 0 Å². The molecule has 0 spiro atoms. The Morgan fingerprint density at radius 3 is 2.15 bits per heavy atom. The van der Waals surface area contributed by atoms with Gasteiger partial charge in [0.25, 0.3) is 0 Å². The van der Waals surface area contributed by atoms with Crippen LogP contribution in [0.5, 0.6) is 0 Å². The van der Waals surface area contributed by atoms with Gasteiger partial charge in [0.15, 0.2) is 0 Å². The average molecular weight is 358 g/mol. The fourth-order valence-electron chi connectivity index (χ4n) is 3.55. The lowest BCUT2D eigenvalue weighted by Gasteiger charge is -2.16. The minimum Gasteiger partial charge on any atom is -0.465 e. The molecule has 0 heterocycles. The second-order valence-corrected chi connectivity index (χ2v) is 7.20. The molecule has 3 rings (SSSR count). The fraction of sp³-hybridized carbons (Fsp3) is 0.550. The Kier molecular flexibility index (Phi) is 5.91. The second kappa shape index (κ2) is 8.34. The molecule has 2 fully saturated rings. The lowest BCUT2D eigenvalue weighted by molar-refractivity contribution is -0.125. The van der Waals surface area contributed by atoms with E-state index in [1.807, 2.05) is 0 Å². The van der Waals surface area contributed by atoms with E-state index in [0.29, 0.717) is 17.7 Å². The van der Waals surface area contributed by atoms with Gasteiger partial charge in [-0.25, -0.2) is 4.79 Å². The van der Waals surface area contributed by atoms with Crippen LogP contribution in [0.3, 0.4) is 0 Å². The lowest BCUT2D eigenvalue weighted by atomic mass is 10.1. The van der Waals surface area contributed by atoms with Crippen LogP contribution in [-0.2, 0) is 14.3 Å². The first-order valence-electron chi connectivity index (χ1n) is 9.38. The van der Waals surface area contributed by atoms with Crippen molar-refractivity contribution in [2.45, 2.75) is 51.0 Å². The first kappa shape index (κ1) is 18.4. The summed E-state index contributed by atoms with van der Waals surface area (Å²) >= 11 is 0. The molecule has 0 aromatic heterocycles. The molecule has 2 aliphatic carbocycles. The van der Waals surface area contributed by atoms with Gasteiger partial charge in [0.2, 0.25) is 11.8 Å². The number of hydrogen-bond acceptors (Lipinski definition) is 4. The van der Waals surface area contributed by atoms with Crippen LogP contribution in [-0.4, -0.2) is 30.9 Å². The molecule has 1 aromatic rings. The molecule has 0 bridgehead atoms. The molecule has 1 aromatic carbocycles. The van der Waals surface area contributed by atoms with E-state index in [2.05, 4.69) is 15.4 Å². The van der Waals surface area contributed by atoms with Crippen LogP contribution < -0.4 is 10.6 Å². The summed E-state index contributed by atoms with van der Waals surface area (Å²) in [7, 11) is 1.32. The van der Waals surface area contributed by atoms with E-state index in [1.165, 1.54) is 32.8 Å². The number of ether oxygens (including phenoxy) is 1. The van der Waals surface area contributed by atoms with Crippen molar-refractivity contribution in [3.8, 4) is 0 Å². The number of anilines is 1. The molecule has 2 atom stereocenters. The molecule has 140 valence electrons. The van der Waals surface area contributed by atoms with Gasteiger partial charge in [0.05, 0.1) is 24.5 Å². The van der Waals surface area contributed by atoms with Gasteiger partial charge in [0, 0.05) is 11.7 Å². The first-order chi connectivity index (χ1) is 12.6. The van der Waals surface area contributed by atoms with Gasteiger partial charge in [-0.3, -0.25) is 9.59 Å². The predicted octanol–water partition coefficient (Wildman–Crippen LogP) is 2.89. The number of carbonyl (C=O) groups excluding carboxylic acids is 3. The molecule has 2 N–H and O–H groups in total. The Labute approximate surface area is 153 Å². The van der Waals surface area contributed by atoms with Crippen LogP contribution in [0.2, 0.25) is 0 Å². The topological polar surface area (TPSA) is 84.5 Å². The van der Waals surface area contributed by atoms with Crippen LogP contribution in [0.1, 0.15) is 55.3 Å². The predicted molar refractivity (Wildman–Crippen MR) is 97.6 cm³/mol. The molecule has 0 saturated heterocycles. The van der Waals surface area contributed by atoms with Crippen molar-refractivity contribution in [2.24, 2.45) is 11.8 Å². The minimum atomic E-state index is -0.416. The number of benzene rings is 1. The first-order valence-corrected chi connectivity index (χ1v) is 9.38. The molecule has 26 heavy (non-hydrogen) atoms. The summed E-state index contributed by atoms with van der Waals surface area (Å²) < 4.78 is 4.65. The number of carbonyl (C=O) groups is 3. The molecule has 6 heteroatoms. The van der Waals surface area contributed by atoms with Crippen LogP contribution in [0.15, 0.2) is 24.3 Å². The minimum absolute atomic E-state index is 0.0121.